The van der Waals surface area contributed by atoms with Crippen LogP contribution in [-0.2, 0) is 0 Å². The smallest absolute Gasteiger partial charge is 0.000839 e. The highest BCUT2D eigenvalue weighted by Gasteiger charge is 2.28. The SMILES string of the molecule is CCCC(C)(C(C)=S)C(C)C. The van der Waals surface area contributed by atoms with E-state index in [-0.39, 0.29) is 5.41 Å². The lowest BCUT2D eigenvalue weighted by molar-refractivity contribution is 0.305. The molecule has 0 amide bonds. The van der Waals surface area contributed by atoms with Gasteiger partial charge in [-0.05, 0) is 24.1 Å². The third-order valence-electron chi connectivity index (χ3n) is 2.85. The van der Waals surface area contributed by atoms with Crippen LogP contribution in [0, 0.1) is 11.3 Å². The molecule has 0 radical (unpaired) electrons. The van der Waals surface area contributed by atoms with Gasteiger partial charge in [0.25, 0.3) is 0 Å². The molecule has 0 aliphatic heterocycles. The number of hydrogen-bond acceptors (Lipinski definition) is 1. The van der Waals surface area contributed by atoms with Gasteiger partial charge in [0.15, 0.2) is 0 Å². The summed E-state index contributed by atoms with van der Waals surface area (Å²) < 4.78 is 0. The van der Waals surface area contributed by atoms with E-state index in [4.69, 9.17) is 12.2 Å². The van der Waals surface area contributed by atoms with E-state index in [1.807, 2.05) is 0 Å². The Balaban J connectivity index is 4.38. The lowest BCUT2D eigenvalue weighted by Gasteiger charge is -2.33. The molecule has 1 heteroatoms. The molecule has 0 rings (SSSR count). The van der Waals surface area contributed by atoms with Gasteiger partial charge in [0.05, 0.1) is 0 Å². The van der Waals surface area contributed by atoms with Gasteiger partial charge in [0.2, 0.25) is 0 Å². The van der Waals surface area contributed by atoms with E-state index in [9.17, 15) is 0 Å². The highest BCUT2D eigenvalue weighted by molar-refractivity contribution is 7.80. The molecule has 1 unspecified atom stereocenters. The van der Waals surface area contributed by atoms with Crippen molar-refractivity contribution >= 4 is 17.1 Å². The van der Waals surface area contributed by atoms with Crippen molar-refractivity contribution in [3.05, 3.63) is 0 Å². The van der Waals surface area contributed by atoms with Crippen LogP contribution in [0.4, 0.5) is 0 Å². The summed E-state index contributed by atoms with van der Waals surface area (Å²) in [6.45, 7) is 11.1. The maximum atomic E-state index is 5.27. The summed E-state index contributed by atoms with van der Waals surface area (Å²) >= 11 is 5.27. The van der Waals surface area contributed by atoms with Crippen molar-refractivity contribution in [2.45, 2.75) is 47.5 Å². The second-order valence-electron chi connectivity index (χ2n) is 3.88. The summed E-state index contributed by atoms with van der Waals surface area (Å²) in [7, 11) is 0. The summed E-state index contributed by atoms with van der Waals surface area (Å²) in [5.74, 6) is 0.667. The molecule has 0 spiro atoms. The van der Waals surface area contributed by atoms with Crippen molar-refractivity contribution in [1.82, 2.24) is 0 Å². The van der Waals surface area contributed by atoms with E-state index in [2.05, 4.69) is 34.6 Å². The van der Waals surface area contributed by atoms with Crippen LogP contribution in [0.3, 0.4) is 0 Å². The average Bonchev–Trinajstić information content (AvgIpc) is 1.87. The van der Waals surface area contributed by atoms with E-state index >= 15 is 0 Å². The second kappa shape index (κ2) is 4.20. The summed E-state index contributed by atoms with van der Waals surface area (Å²) in [6, 6.07) is 0. The van der Waals surface area contributed by atoms with Gasteiger partial charge in [-0.2, -0.15) is 0 Å². The fraction of sp³-hybridized carbons (Fsp3) is 0.900. The number of hydrogen-bond donors (Lipinski definition) is 0. The number of thiocarbonyl (C=S) groups is 1. The molecule has 0 N–H and O–H groups in total. The van der Waals surface area contributed by atoms with Gasteiger partial charge in [-0.3, -0.25) is 0 Å². The van der Waals surface area contributed by atoms with Gasteiger partial charge in [-0.25, -0.2) is 0 Å². The third kappa shape index (κ3) is 2.55. The first-order valence-electron chi connectivity index (χ1n) is 4.46. The van der Waals surface area contributed by atoms with Crippen LogP contribution < -0.4 is 0 Å². The molecule has 1 atom stereocenters. The van der Waals surface area contributed by atoms with Crippen LogP contribution in [0.1, 0.15) is 47.5 Å². The quantitative estimate of drug-likeness (QED) is 0.581. The Morgan fingerprint density at radius 2 is 1.91 bits per heavy atom. The van der Waals surface area contributed by atoms with Crippen LogP contribution in [0.15, 0.2) is 0 Å². The molecule has 0 heterocycles. The third-order valence-corrected chi connectivity index (χ3v) is 3.31. The second-order valence-corrected chi connectivity index (χ2v) is 4.49. The maximum absolute atomic E-state index is 5.27. The molecule has 0 saturated heterocycles. The first kappa shape index (κ1) is 11.1. The van der Waals surface area contributed by atoms with Gasteiger partial charge in [0, 0.05) is 5.41 Å². The average molecular weight is 172 g/mol. The van der Waals surface area contributed by atoms with Crippen molar-refractivity contribution in [1.29, 1.82) is 0 Å². The summed E-state index contributed by atoms with van der Waals surface area (Å²) in [4.78, 5) is 1.16. The Morgan fingerprint density at radius 3 is 2.00 bits per heavy atom. The lowest BCUT2D eigenvalue weighted by atomic mass is 9.73. The minimum absolute atomic E-state index is 0.282. The Kier molecular flexibility index (Phi) is 4.23. The molecule has 0 aromatic heterocycles. The van der Waals surface area contributed by atoms with Crippen molar-refractivity contribution in [3.63, 3.8) is 0 Å². The van der Waals surface area contributed by atoms with E-state index in [1.54, 1.807) is 0 Å². The van der Waals surface area contributed by atoms with Crippen LogP contribution in [0.2, 0.25) is 0 Å². The zero-order valence-electron chi connectivity index (χ0n) is 8.40. The van der Waals surface area contributed by atoms with Gasteiger partial charge in [-0.15, -0.1) is 0 Å². The molecule has 0 aliphatic carbocycles. The lowest BCUT2D eigenvalue weighted by Crippen LogP contribution is -2.29. The predicted molar refractivity (Wildman–Crippen MR) is 56.1 cm³/mol. The van der Waals surface area contributed by atoms with Gasteiger partial charge in [-0.1, -0.05) is 46.3 Å². The molecule has 0 aromatic rings. The molecule has 0 aliphatic rings. The molecule has 0 aromatic carbocycles. The van der Waals surface area contributed by atoms with Gasteiger partial charge < -0.3 is 0 Å². The predicted octanol–water partition coefficient (Wildman–Crippen LogP) is 3.84. The molecule has 0 bridgehead atoms. The van der Waals surface area contributed by atoms with Gasteiger partial charge in [0.1, 0.15) is 0 Å². The van der Waals surface area contributed by atoms with E-state index in [0.29, 0.717) is 5.92 Å². The highest BCUT2D eigenvalue weighted by Crippen LogP contribution is 2.33. The Hall–Kier alpha value is 0.0900. The minimum atomic E-state index is 0.282. The molecule has 66 valence electrons. The molecular formula is C10H20S. The topological polar surface area (TPSA) is 0 Å². The van der Waals surface area contributed by atoms with Crippen LogP contribution in [-0.4, -0.2) is 4.86 Å². The summed E-state index contributed by atoms with van der Waals surface area (Å²) in [5, 5.41) is 0. The molecule has 11 heavy (non-hydrogen) atoms. The van der Waals surface area contributed by atoms with Crippen molar-refractivity contribution in [3.8, 4) is 0 Å². The monoisotopic (exact) mass is 172 g/mol. The van der Waals surface area contributed by atoms with Crippen LogP contribution in [0.25, 0.3) is 0 Å². The molecule has 0 saturated carbocycles. The summed E-state index contributed by atoms with van der Waals surface area (Å²) in [5.41, 5.74) is 0.282. The van der Waals surface area contributed by atoms with E-state index < -0.39 is 0 Å². The standard InChI is InChI=1S/C10H20S/c1-6-7-10(5,8(2)3)9(4)11/h8H,6-7H2,1-5H3. The molecular weight excluding hydrogens is 152 g/mol. The fourth-order valence-corrected chi connectivity index (χ4v) is 1.73. The van der Waals surface area contributed by atoms with Crippen molar-refractivity contribution < 1.29 is 0 Å². The number of rotatable bonds is 4. The van der Waals surface area contributed by atoms with E-state index in [1.165, 1.54) is 12.8 Å². The Labute approximate surface area is 76.4 Å². The van der Waals surface area contributed by atoms with Crippen LogP contribution in [0.5, 0.6) is 0 Å². The zero-order chi connectivity index (χ0) is 9.07. The minimum Gasteiger partial charge on any atom is -0.0894 e. The first-order valence-corrected chi connectivity index (χ1v) is 4.87. The maximum Gasteiger partial charge on any atom is 0.000839 e. The zero-order valence-corrected chi connectivity index (χ0v) is 9.22. The Bertz CT molecular complexity index is 138. The van der Waals surface area contributed by atoms with Crippen molar-refractivity contribution in [2.75, 3.05) is 0 Å². The first-order chi connectivity index (χ1) is 4.95. The van der Waals surface area contributed by atoms with E-state index in [0.717, 1.165) is 4.86 Å². The highest BCUT2D eigenvalue weighted by atomic mass is 32.1. The fourth-order valence-electron chi connectivity index (χ4n) is 1.39. The Morgan fingerprint density at radius 1 is 1.45 bits per heavy atom. The van der Waals surface area contributed by atoms with Crippen LogP contribution >= 0.6 is 12.2 Å². The normalized spacial score (nSPS) is 16.5. The summed E-state index contributed by atoms with van der Waals surface area (Å²) in [6.07, 6.45) is 2.45. The van der Waals surface area contributed by atoms with Crippen molar-refractivity contribution in [2.24, 2.45) is 11.3 Å². The largest absolute Gasteiger partial charge is 0.0894 e. The molecule has 0 fully saturated rings. The molecule has 0 nitrogen and oxygen atoms in total. The van der Waals surface area contributed by atoms with Gasteiger partial charge >= 0.3 is 0 Å².